The molecule has 0 heterocycles. The Morgan fingerprint density at radius 3 is 2.09 bits per heavy atom. The Kier molecular flexibility index (Phi) is 5.52. The fourth-order valence-electron chi connectivity index (χ4n) is 2.37. The molecule has 0 fully saturated rings. The maximum Gasteiger partial charge on any atom is 0.305 e. The number of hydrogen-bond acceptors (Lipinski definition) is 2. The molecule has 23 heavy (non-hydrogen) atoms. The number of benzene rings is 2. The van der Waals surface area contributed by atoms with Gasteiger partial charge >= 0.3 is 5.97 Å². The fourth-order valence-corrected chi connectivity index (χ4v) is 2.37. The van der Waals surface area contributed by atoms with Gasteiger partial charge < -0.3 is 10.4 Å². The van der Waals surface area contributed by atoms with Gasteiger partial charge in [0.05, 0.1) is 12.5 Å². The molecule has 0 saturated carbocycles. The van der Waals surface area contributed by atoms with Crippen molar-refractivity contribution < 1.29 is 14.7 Å². The third kappa shape index (κ3) is 4.68. The van der Waals surface area contributed by atoms with Crippen LogP contribution in [0, 0.1) is 0 Å². The van der Waals surface area contributed by atoms with Gasteiger partial charge in [0.1, 0.15) is 0 Å². The summed E-state index contributed by atoms with van der Waals surface area (Å²) in [5.41, 5.74) is 2.47. The number of carboxylic acids is 1. The number of hydrogen-bond donors (Lipinski definition) is 2. The second-order valence-electron chi connectivity index (χ2n) is 5.81. The molecule has 0 spiro atoms. The summed E-state index contributed by atoms with van der Waals surface area (Å²) in [6, 6.07) is 16.0. The van der Waals surface area contributed by atoms with Crippen LogP contribution in [0.5, 0.6) is 0 Å². The molecule has 1 atom stereocenters. The van der Waals surface area contributed by atoms with Crippen LogP contribution in [-0.4, -0.2) is 17.0 Å². The summed E-state index contributed by atoms with van der Waals surface area (Å²) in [4.78, 5) is 23.5. The van der Waals surface area contributed by atoms with Crippen molar-refractivity contribution in [3.8, 4) is 0 Å². The highest BCUT2D eigenvalue weighted by molar-refractivity contribution is 5.94. The minimum atomic E-state index is -0.950. The van der Waals surface area contributed by atoms with Gasteiger partial charge in [-0.25, -0.2) is 0 Å². The van der Waals surface area contributed by atoms with Gasteiger partial charge in [0, 0.05) is 5.56 Å². The highest BCUT2D eigenvalue weighted by Gasteiger charge is 2.18. The first-order chi connectivity index (χ1) is 11.0. The standard InChI is InChI=1S/C19H21NO3/c1-13(2)14-8-10-16(11-9-14)19(23)20-17(12-18(21)22)15-6-4-3-5-7-15/h3-11,13,17H,12H2,1-2H3,(H,20,23)(H,21,22). The molecule has 2 rings (SSSR count). The summed E-state index contributed by atoms with van der Waals surface area (Å²) in [7, 11) is 0. The monoisotopic (exact) mass is 311 g/mol. The molecular formula is C19H21NO3. The van der Waals surface area contributed by atoms with Gasteiger partial charge in [-0.05, 0) is 29.2 Å². The van der Waals surface area contributed by atoms with Crippen LogP contribution < -0.4 is 5.32 Å². The van der Waals surface area contributed by atoms with E-state index in [0.717, 1.165) is 11.1 Å². The van der Waals surface area contributed by atoms with Crippen LogP contribution in [0.3, 0.4) is 0 Å². The van der Waals surface area contributed by atoms with E-state index in [2.05, 4.69) is 19.2 Å². The van der Waals surface area contributed by atoms with E-state index in [9.17, 15) is 9.59 Å². The van der Waals surface area contributed by atoms with Crippen molar-refractivity contribution >= 4 is 11.9 Å². The van der Waals surface area contributed by atoms with Crippen LogP contribution in [-0.2, 0) is 4.79 Å². The fraction of sp³-hybridized carbons (Fsp3) is 0.263. The third-order valence-corrected chi connectivity index (χ3v) is 3.73. The van der Waals surface area contributed by atoms with Gasteiger partial charge in [-0.3, -0.25) is 9.59 Å². The van der Waals surface area contributed by atoms with Crippen molar-refractivity contribution in [2.75, 3.05) is 0 Å². The van der Waals surface area contributed by atoms with Crippen molar-refractivity contribution in [1.82, 2.24) is 5.32 Å². The largest absolute Gasteiger partial charge is 0.481 e. The lowest BCUT2D eigenvalue weighted by atomic mass is 10.0. The number of amides is 1. The number of aliphatic carboxylic acids is 1. The van der Waals surface area contributed by atoms with Crippen LogP contribution >= 0.6 is 0 Å². The quantitative estimate of drug-likeness (QED) is 0.853. The number of nitrogens with one attached hydrogen (secondary N) is 1. The second-order valence-corrected chi connectivity index (χ2v) is 5.81. The molecule has 2 N–H and O–H groups in total. The van der Waals surface area contributed by atoms with Crippen molar-refractivity contribution in [2.24, 2.45) is 0 Å². The van der Waals surface area contributed by atoms with Crippen LogP contribution in [0.25, 0.3) is 0 Å². The highest BCUT2D eigenvalue weighted by atomic mass is 16.4. The van der Waals surface area contributed by atoms with E-state index in [1.807, 2.05) is 42.5 Å². The second kappa shape index (κ2) is 7.58. The smallest absolute Gasteiger partial charge is 0.305 e. The van der Waals surface area contributed by atoms with Crippen molar-refractivity contribution in [1.29, 1.82) is 0 Å². The number of carboxylic acid groups (broad SMARTS) is 1. The van der Waals surface area contributed by atoms with E-state index in [1.54, 1.807) is 12.1 Å². The van der Waals surface area contributed by atoms with Crippen LogP contribution in [0.4, 0.5) is 0 Å². The Hall–Kier alpha value is -2.62. The molecule has 0 saturated heterocycles. The predicted octanol–water partition coefficient (Wildman–Crippen LogP) is 3.76. The molecule has 1 unspecified atom stereocenters. The zero-order valence-electron chi connectivity index (χ0n) is 13.3. The molecule has 0 aliphatic heterocycles. The summed E-state index contributed by atoms with van der Waals surface area (Å²) in [6.45, 7) is 4.18. The van der Waals surface area contributed by atoms with E-state index in [0.29, 0.717) is 11.5 Å². The SMILES string of the molecule is CC(C)c1ccc(C(=O)NC(CC(=O)O)c2ccccc2)cc1. The van der Waals surface area contributed by atoms with Crippen molar-refractivity contribution in [3.63, 3.8) is 0 Å². The van der Waals surface area contributed by atoms with Gasteiger partial charge in [0.15, 0.2) is 0 Å². The van der Waals surface area contributed by atoms with Crippen molar-refractivity contribution in [3.05, 3.63) is 71.3 Å². The maximum absolute atomic E-state index is 12.4. The molecule has 120 valence electrons. The lowest BCUT2D eigenvalue weighted by Crippen LogP contribution is -2.30. The lowest BCUT2D eigenvalue weighted by Gasteiger charge is -2.17. The molecule has 0 aromatic heterocycles. The first kappa shape index (κ1) is 16.7. The summed E-state index contributed by atoms with van der Waals surface area (Å²) in [5.74, 6) is -0.819. The third-order valence-electron chi connectivity index (χ3n) is 3.73. The first-order valence-electron chi connectivity index (χ1n) is 7.65. The van der Waals surface area contributed by atoms with E-state index in [4.69, 9.17) is 5.11 Å². The Balaban J connectivity index is 2.15. The molecule has 4 heteroatoms. The molecule has 1 amide bonds. The summed E-state index contributed by atoms with van der Waals surface area (Å²) in [5, 5.41) is 11.9. The van der Waals surface area contributed by atoms with E-state index < -0.39 is 12.0 Å². The molecule has 4 nitrogen and oxygen atoms in total. The minimum Gasteiger partial charge on any atom is -0.481 e. The zero-order chi connectivity index (χ0) is 16.8. The predicted molar refractivity (Wildman–Crippen MR) is 89.4 cm³/mol. The van der Waals surface area contributed by atoms with E-state index >= 15 is 0 Å². The minimum absolute atomic E-state index is 0.153. The molecular weight excluding hydrogens is 290 g/mol. The van der Waals surface area contributed by atoms with Crippen LogP contribution in [0.2, 0.25) is 0 Å². The maximum atomic E-state index is 12.4. The average Bonchev–Trinajstić information content (AvgIpc) is 2.54. The van der Waals surface area contributed by atoms with Gasteiger partial charge in [-0.15, -0.1) is 0 Å². The Labute approximate surface area is 136 Å². The molecule has 0 bridgehead atoms. The number of carbonyl (C=O) groups excluding carboxylic acids is 1. The Morgan fingerprint density at radius 2 is 1.57 bits per heavy atom. The van der Waals surface area contributed by atoms with Crippen molar-refractivity contribution in [2.45, 2.75) is 32.2 Å². The van der Waals surface area contributed by atoms with Crippen LogP contribution in [0.15, 0.2) is 54.6 Å². The van der Waals surface area contributed by atoms with E-state index in [1.165, 1.54) is 0 Å². The molecule has 2 aromatic carbocycles. The average molecular weight is 311 g/mol. The van der Waals surface area contributed by atoms with Gasteiger partial charge in [0.2, 0.25) is 0 Å². The normalized spacial score (nSPS) is 12.0. The summed E-state index contributed by atoms with van der Waals surface area (Å²) >= 11 is 0. The van der Waals surface area contributed by atoms with Gasteiger partial charge in [-0.1, -0.05) is 56.3 Å². The van der Waals surface area contributed by atoms with E-state index in [-0.39, 0.29) is 12.3 Å². The lowest BCUT2D eigenvalue weighted by molar-refractivity contribution is -0.137. The summed E-state index contributed by atoms with van der Waals surface area (Å²) < 4.78 is 0. The summed E-state index contributed by atoms with van der Waals surface area (Å²) in [6.07, 6.45) is -0.153. The van der Waals surface area contributed by atoms with Gasteiger partial charge in [-0.2, -0.15) is 0 Å². The number of carbonyl (C=O) groups is 2. The van der Waals surface area contributed by atoms with Gasteiger partial charge in [0.25, 0.3) is 5.91 Å². The van der Waals surface area contributed by atoms with Crippen LogP contribution in [0.1, 0.15) is 53.7 Å². The first-order valence-corrected chi connectivity index (χ1v) is 7.65. The molecule has 0 aliphatic carbocycles. The molecule has 0 radical (unpaired) electrons. The molecule has 2 aromatic rings. The molecule has 0 aliphatic rings. The topological polar surface area (TPSA) is 66.4 Å². The number of rotatable bonds is 6. The highest BCUT2D eigenvalue weighted by Crippen LogP contribution is 2.19. The zero-order valence-corrected chi connectivity index (χ0v) is 13.3. The Morgan fingerprint density at radius 1 is 0.957 bits per heavy atom. The Bertz CT molecular complexity index is 663.